The first-order valence-electron chi connectivity index (χ1n) is 14.9. The van der Waals surface area contributed by atoms with Gasteiger partial charge in [0.15, 0.2) is 0 Å². The van der Waals surface area contributed by atoms with E-state index in [2.05, 4.69) is 43.9 Å². The Kier molecular flexibility index (Phi) is 7.73. The predicted molar refractivity (Wildman–Crippen MR) is 160 cm³/mol. The number of carbonyl (C=O) groups is 2. The number of nitrogens with zero attached hydrogens (tertiary/aromatic N) is 2. The Morgan fingerprint density at radius 2 is 1.87 bits per heavy atom. The number of rotatable bonds is 8. The van der Waals surface area contributed by atoms with Crippen LogP contribution < -0.4 is 10.4 Å². The van der Waals surface area contributed by atoms with Crippen LogP contribution in [0.5, 0.6) is 0 Å². The Labute approximate surface area is 241 Å². The van der Waals surface area contributed by atoms with Crippen LogP contribution in [0.4, 0.5) is 5.69 Å². The van der Waals surface area contributed by atoms with Crippen LogP contribution in [0.3, 0.4) is 0 Å². The number of fused-ring (bicyclic) bond motifs is 2. The third-order valence-electron chi connectivity index (χ3n) is 10.3. The van der Waals surface area contributed by atoms with E-state index in [-0.39, 0.29) is 22.6 Å². The van der Waals surface area contributed by atoms with Gasteiger partial charge in [0.2, 0.25) is 11.8 Å². The van der Waals surface area contributed by atoms with Gasteiger partial charge in [-0.25, -0.2) is 0 Å². The molecule has 1 aliphatic carbocycles. The second-order valence-electron chi connectivity index (χ2n) is 13.8. The summed E-state index contributed by atoms with van der Waals surface area (Å²) in [4.78, 5) is 31.8. The molecule has 3 aliphatic heterocycles. The lowest BCUT2D eigenvalue weighted by Crippen LogP contribution is -2.55. The number of benzene rings is 1. The molecule has 1 unspecified atom stereocenters. The number of amides is 2. The molecule has 1 spiro atoms. The second-order valence-corrected chi connectivity index (χ2v) is 14.9. The van der Waals surface area contributed by atoms with Crippen molar-refractivity contribution >= 4 is 43.1 Å². The number of likely N-dealkylation sites (tertiary alicyclic amines) is 1. The van der Waals surface area contributed by atoms with E-state index in [4.69, 9.17) is 22.0 Å². The molecule has 1 atom stereocenters. The molecule has 0 N–H and O–H groups in total. The van der Waals surface area contributed by atoms with Crippen LogP contribution >= 0.6 is 12.6 Å². The third-order valence-corrected chi connectivity index (χ3v) is 10.8. The number of piperidine rings is 1. The number of carbonyl (C=O) groups excluding carboxylic acids is 2. The zero-order valence-corrected chi connectivity index (χ0v) is 25.6. The normalized spacial score (nSPS) is 28.5. The summed E-state index contributed by atoms with van der Waals surface area (Å²) in [6, 6.07) is 6.62. The second kappa shape index (κ2) is 10.4. The zero-order valence-electron chi connectivity index (χ0n) is 24.7. The van der Waals surface area contributed by atoms with E-state index in [0.717, 1.165) is 36.0 Å². The summed E-state index contributed by atoms with van der Waals surface area (Å²) in [5, 5.41) is 0. The van der Waals surface area contributed by atoms with Gasteiger partial charge in [0.1, 0.15) is 0 Å². The summed E-state index contributed by atoms with van der Waals surface area (Å²) in [5.74, 6) is 1.11. The minimum absolute atomic E-state index is 0.176. The lowest BCUT2D eigenvalue weighted by Gasteiger charge is -2.44. The smallest absolute Gasteiger partial charge is 0.330 e. The Balaban J connectivity index is 1.39. The molecule has 3 fully saturated rings. The van der Waals surface area contributed by atoms with E-state index in [0.29, 0.717) is 45.1 Å². The molecule has 6 nitrogen and oxygen atoms in total. The predicted octanol–water partition coefficient (Wildman–Crippen LogP) is 4.65. The lowest BCUT2D eigenvalue weighted by molar-refractivity contribution is -0.144. The van der Waals surface area contributed by atoms with Crippen LogP contribution in [0.15, 0.2) is 18.2 Å². The Morgan fingerprint density at radius 3 is 2.46 bits per heavy atom. The van der Waals surface area contributed by atoms with E-state index in [9.17, 15) is 9.59 Å². The van der Waals surface area contributed by atoms with Gasteiger partial charge in [-0.15, -0.1) is 0 Å². The fourth-order valence-electron chi connectivity index (χ4n) is 6.75. The summed E-state index contributed by atoms with van der Waals surface area (Å²) in [7, 11) is 1.82. The van der Waals surface area contributed by atoms with Gasteiger partial charge in [-0.05, 0) is 84.3 Å². The molecule has 1 saturated carbocycles. The van der Waals surface area contributed by atoms with Crippen LogP contribution in [0, 0.1) is 11.3 Å². The van der Waals surface area contributed by atoms with Crippen LogP contribution in [-0.4, -0.2) is 66.9 Å². The summed E-state index contributed by atoms with van der Waals surface area (Å²) in [6.07, 6.45) is 6.67. The molecule has 0 bridgehead atoms. The molecule has 5 rings (SSSR count). The molecule has 3 heterocycles. The summed E-state index contributed by atoms with van der Waals surface area (Å²) in [5.41, 5.74) is 1.67. The fourth-order valence-corrected chi connectivity index (χ4v) is 6.80. The van der Waals surface area contributed by atoms with Crippen LogP contribution in [-0.2, 0) is 24.4 Å². The van der Waals surface area contributed by atoms with Gasteiger partial charge in [-0.2, -0.15) is 12.6 Å². The van der Waals surface area contributed by atoms with Crippen molar-refractivity contribution < 1.29 is 19.0 Å². The van der Waals surface area contributed by atoms with Crippen molar-refractivity contribution in [3.05, 3.63) is 23.8 Å². The van der Waals surface area contributed by atoms with Crippen molar-refractivity contribution in [1.82, 2.24) is 4.90 Å². The van der Waals surface area contributed by atoms with Crippen LogP contribution in [0.1, 0.15) is 92.1 Å². The molecule has 1 radical (unpaired) electrons. The minimum atomic E-state index is -0.555. The molecular formula is C31H46BN2O4S. The van der Waals surface area contributed by atoms with Gasteiger partial charge in [0.25, 0.3) is 0 Å². The van der Waals surface area contributed by atoms with Gasteiger partial charge < -0.3 is 19.2 Å². The van der Waals surface area contributed by atoms with Crippen molar-refractivity contribution in [1.29, 1.82) is 0 Å². The number of anilines is 1. The fraction of sp³-hybridized carbons (Fsp3) is 0.742. The highest BCUT2D eigenvalue weighted by molar-refractivity contribution is 7.81. The van der Waals surface area contributed by atoms with Crippen molar-refractivity contribution in [3.63, 3.8) is 0 Å². The van der Waals surface area contributed by atoms with E-state index < -0.39 is 16.4 Å². The molecular weight excluding hydrogens is 507 g/mol. The molecule has 8 heteroatoms. The first-order chi connectivity index (χ1) is 18.3. The molecule has 2 saturated heterocycles. The summed E-state index contributed by atoms with van der Waals surface area (Å²) < 4.78 is 11.5. The highest BCUT2D eigenvalue weighted by Crippen LogP contribution is 2.51. The topological polar surface area (TPSA) is 59.1 Å². The molecule has 0 aromatic heterocycles. The van der Waals surface area contributed by atoms with Crippen LogP contribution in [0.25, 0.3) is 0 Å². The number of thiol groups is 1. The van der Waals surface area contributed by atoms with E-state index in [1.165, 1.54) is 12.8 Å². The maximum atomic E-state index is 14.3. The number of ether oxygens (including phenoxy) is 1. The van der Waals surface area contributed by atoms with Crippen LogP contribution in [0.2, 0.25) is 0 Å². The van der Waals surface area contributed by atoms with Gasteiger partial charge >= 0.3 is 7.48 Å². The highest BCUT2D eigenvalue weighted by atomic mass is 32.1. The van der Waals surface area contributed by atoms with Crippen molar-refractivity contribution in [2.45, 2.75) is 108 Å². The first kappa shape index (κ1) is 29.0. The lowest BCUT2D eigenvalue weighted by atomic mass is 9.72. The SMILES string of the molecule is CCCC1CC(N2C(=O)C3(CCN(C(=O)C4(C)CCOC4)CC3)c3ccc([B]OC(C)(C)C(C)(C)S)cc32)C1. The maximum absolute atomic E-state index is 14.3. The van der Waals surface area contributed by atoms with Gasteiger partial charge in [-0.3, -0.25) is 9.59 Å². The van der Waals surface area contributed by atoms with Crippen molar-refractivity contribution in [2.75, 3.05) is 31.2 Å². The van der Waals surface area contributed by atoms with Gasteiger partial charge in [0, 0.05) is 36.2 Å². The first-order valence-corrected chi connectivity index (χ1v) is 15.3. The average Bonchev–Trinajstić information content (AvgIpc) is 3.40. The third kappa shape index (κ3) is 5.08. The van der Waals surface area contributed by atoms with Gasteiger partial charge in [-0.1, -0.05) is 37.4 Å². The van der Waals surface area contributed by atoms with E-state index in [1.54, 1.807) is 0 Å². The van der Waals surface area contributed by atoms with Crippen molar-refractivity contribution in [2.24, 2.45) is 11.3 Å². The molecule has 39 heavy (non-hydrogen) atoms. The van der Waals surface area contributed by atoms with Gasteiger partial charge in [0.05, 0.1) is 23.0 Å². The standard InChI is InChI=1S/C31H46BN2O4S/c1-7-8-21-17-23(18-21)34-25-19-22(32-38-28(2,3)29(4,5)39)9-10-24(25)31(27(34)36)11-14-33(15-12-31)26(35)30(6)13-16-37-20-30/h9-10,19,21,23,39H,7-8,11-18,20H2,1-6H3. The number of hydrogen-bond acceptors (Lipinski definition) is 5. The molecule has 1 aromatic rings. The summed E-state index contributed by atoms with van der Waals surface area (Å²) in [6.45, 7) is 14.8. The number of hydrogen-bond donors (Lipinski definition) is 1. The van der Waals surface area contributed by atoms with E-state index in [1.807, 2.05) is 33.2 Å². The Morgan fingerprint density at radius 1 is 1.18 bits per heavy atom. The minimum Gasteiger partial charge on any atom is -0.428 e. The van der Waals surface area contributed by atoms with Crippen molar-refractivity contribution in [3.8, 4) is 0 Å². The monoisotopic (exact) mass is 553 g/mol. The maximum Gasteiger partial charge on any atom is 0.330 e. The highest BCUT2D eigenvalue weighted by Gasteiger charge is 2.56. The Bertz CT molecular complexity index is 1100. The Hall–Kier alpha value is -1.51. The summed E-state index contributed by atoms with van der Waals surface area (Å²) >= 11 is 4.73. The largest absolute Gasteiger partial charge is 0.428 e. The molecule has 2 amide bonds. The quantitative estimate of drug-likeness (QED) is 0.376. The molecule has 213 valence electrons. The molecule has 4 aliphatic rings. The van der Waals surface area contributed by atoms with E-state index >= 15 is 0 Å². The molecule has 1 aromatic carbocycles. The average molecular weight is 554 g/mol. The zero-order chi connectivity index (χ0) is 28.2.